The SMILES string of the molecule is c1ccc(-c2cccc(N(c3ccc(-c4cc5c6ccc(-c7ccccc7)cc6oc5c5ccccc45)cc3)c3ccc4oc5ccccc5c4c3)c2)cc1. The summed E-state index contributed by atoms with van der Waals surface area (Å²) in [6.07, 6.45) is 0. The molecule has 3 heteroatoms. The zero-order valence-corrected chi connectivity index (χ0v) is 29.8. The summed E-state index contributed by atoms with van der Waals surface area (Å²) >= 11 is 0. The van der Waals surface area contributed by atoms with Gasteiger partial charge in [-0.3, -0.25) is 0 Å². The summed E-state index contributed by atoms with van der Waals surface area (Å²) in [6, 6.07) is 71.0. The summed E-state index contributed by atoms with van der Waals surface area (Å²) in [5.74, 6) is 0. The lowest BCUT2D eigenvalue weighted by Gasteiger charge is -2.26. The first-order valence-electron chi connectivity index (χ1n) is 18.7. The van der Waals surface area contributed by atoms with Crippen LogP contribution in [0, 0.1) is 0 Å². The van der Waals surface area contributed by atoms with Crippen LogP contribution in [0.4, 0.5) is 17.1 Å². The van der Waals surface area contributed by atoms with Gasteiger partial charge < -0.3 is 13.7 Å². The van der Waals surface area contributed by atoms with Crippen LogP contribution in [0.3, 0.4) is 0 Å². The molecule has 0 bridgehead atoms. The molecule has 0 N–H and O–H groups in total. The highest BCUT2D eigenvalue weighted by molar-refractivity contribution is 6.19. The van der Waals surface area contributed by atoms with Gasteiger partial charge in [0.25, 0.3) is 0 Å². The molecule has 0 aliphatic rings. The Bertz CT molecular complexity index is 3190. The molecule has 0 spiro atoms. The van der Waals surface area contributed by atoms with E-state index in [1.54, 1.807) is 0 Å². The van der Waals surface area contributed by atoms with Crippen LogP contribution < -0.4 is 4.90 Å². The van der Waals surface area contributed by atoms with E-state index in [0.29, 0.717) is 0 Å². The Morgan fingerprint density at radius 2 is 0.855 bits per heavy atom. The molecule has 11 rings (SSSR count). The highest BCUT2D eigenvalue weighted by Gasteiger charge is 2.19. The second kappa shape index (κ2) is 12.6. The van der Waals surface area contributed by atoms with Crippen molar-refractivity contribution in [1.29, 1.82) is 0 Å². The van der Waals surface area contributed by atoms with Crippen molar-refractivity contribution in [2.45, 2.75) is 0 Å². The van der Waals surface area contributed by atoms with E-state index in [1.807, 2.05) is 18.2 Å². The Morgan fingerprint density at radius 3 is 1.64 bits per heavy atom. The second-order valence-electron chi connectivity index (χ2n) is 14.1. The van der Waals surface area contributed by atoms with Gasteiger partial charge in [-0.25, -0.2) is 0 Å². The number of hydrogen-bond donors (Lipinski definition) is 0. The maximum Gasteiger partial charge on any atom is 0.143 e. The molecule has 0 fully saturated rings. The molecule has 0 saturated carbocycles. The molecule has 2 heterocycles. The van der Waals surface area contributed by atoms with E-state index >= 15 is 0 Å². The number of anilines is 3. The first-order valence-corrected chi connectivity index (χ1v) is 18.7. The van der Waals surface area contributed by atoms with Crippen molar-refractivity contribution in [3.05, 3.63) is 200 Å². The minimum Gasteiger partial charge on any atom is -0.456 e. The van der Waals surface area contributed by atoms with Gasteiger partial charge in [0.05, 0.1) is 0 Å². The summed E-state index contributed by atoms with van der Waals surface area (Å²) < 4.78 is 12.9. The molecule has 0 atom stereocenters. The van der Waals surface area contributed by atoms with Crippen LogP contribution in [0.25, 0.3) is 88.0 Å². The predicted molar refractivity (Wildman–Crippen MR) is 229 cm³/mol. The summed E-state index contributed by atoms with van der Waals surface area (Å²) in [5.41, 5.74) is 13.8. The summed E-state index contributed by atoms with van der Waals surface area (Å²) in [5, 5.41) is 6.71. The first-order chi connectivity index (χ1) is 27.2. The number of benzene rings is 9. The van der Waals surface area contributed by atoms with Crippen LogP contribution in [-0.2, 0) is 0 Å². The summed E-state index contributed by atoms with van der Waals surface area (Å²) in [7, 11) is 0. The van der Waals surface area contributed by atoms with Crippen LogP contribution in [0.2, 0.25) is 0 Å². The molecule has 258 valence electrons. The zero-order chi connectivity index (χ0) is 36.3. The van der Waals surface area contributed by atoms with Gasteiger partial charge in [-0.05, 0) is 105 Å². The number of para-hydroxylation sites is 1. The average molecular weight is 704 g/mol. The van der Waals surface area contributed by atoms with E-state index < -0.39 is 0 Å². The van der Waals surface area contributed by atoms with Crippen LogP contribution >= 0.6 is 0 Å². The number of furan rings is 2. The van der Waals surface area contributed by atoms with Crippen LogP contribution in [0.1, 0.15) is 0 Å². The van der Waals surface area contributed by atoms with Crippen molar-refractivity contribution in [2.75, 3.05) is 4.90 Å². The van der Waals surface area contributed by atoms with Crippen LogP contribution in [0.15, 0.2) is 209 Å². The monoisotopic (exact) mass is 703 g/mol. The lowest BCUT2D eigenvalue weighted by atomic mass is 9.95. The maximum absolute atomic E-state index is 6.65. The smallest absolute Gasteiger partial charge is 0.143 e. The van der Waals surface area contributed by atoms with E-state index in [-0.39, 0.29) is 0 Å². The quantitative estimate of drug-likeness (QED) is 0.173. The van der Waals surface area contributed by atoms with Crippen LogP contribution in [0.5, 0.6) is 0 Å². The number of hydrogen-bond acceptors (Lipinski definition) is 3. The molecule has 11 aromatic rings. The van der Waals surface area contributed by atoms with Gasteiger partial charge in [-0.1, -0.05) is 133 Å². The third-order valence-electron chi connectivity index (χ3n) is 10.9. The van der Waals surface area contributed by atoms with Gasteiger partial charge in [0.15, 0.2) is 0 Å². The lowest BCUT2D eigenvalue weighted by Crippen LogP contribution is -2.10. The summed E-state index contributed by atoms with van der Waals surface area (Å²) in [4.78, 5) is 2.34. The third kappa shape index (κ3) is 5.28. The highest BCUT2D eigenvalue weighted by Crippen LogP contribution is 2.43. The normalized spacial score (nSPS) is 11.6. The molecule has 0 aliphatic heterocycles. The maximum atomic E-state index is 6.65. The standard InChI is InChI=1S/C52H33NO2/c1-3-12-34(13-4-1)37-16-11-17-40(30-37)53(41-27-29-50-47(32-41)43-19-9-10-21-49(43)54-50)39-25-22-36(23-26-39)46-33-48-44-28-24-38(35-14-5-2-6-15-35)31-51(44)55-52(48)45-20-8-7-18-42(45)46/h1-33H. The highest BCUT2D eigenvalue weighted by atomic mass is 16.3. The molecule has 9 aromatic carbocycles. The molecular formula is C52H33NO2. The number of nitrogens with zero attached hydrogens (tertiary/aromatic N) is 1. The number of fused-ring (bicyclic) bond motifs is 8. The average Bonchev–Trinajstić information content (AvgIpc) is 3.82. The molecule has 3 nitrogen and oxygen atoms in total. The van der Waals surface area contributed by atoms with Crippen LogP contribution in [-0.4, -0.2) is 0 Å². The minimum atomic E-state index is 0.878. The van der Waals surface area contributed by atoms with Gasteiger partial charge in [0, 0.05) is 44.0 Å². The fourth-order valence-electron chi connectivity index (χ4n) is 8.19. The van der Waals surface area contributed by atoms with Gasteiger partial charge in [0.2, 0.25) is 0 Å². The predicted octanol–water partition coefficient (Wildman–Crippen LogP) is 15.1. The largest absolute Gasteiger partial charge is 0.456 e. The topological polar surface area (TPSA) is 29.5 Å². The van der Waals surface area contributed by atoms with Crippen molar-refractivity contribution < 1.29 is 8.83 Å². The Kier molecular flexibility index (Phi) is 7.17. The molecule has 0 saturated heterocycles. The first kappa shape index (κ1) is 31.2. The molecular weight excluding hydrogens is 671 g/mol. The Balaban J connectivity index is 1.06. The molecule has 0 aliphatic carbocycles. The van der Waals surface area contributed by atoms with E-state index in [2.05, 4.69) is 187 Å². The lowest BCUT2D eigenvalue weighted by molar-refractivity contribution is 0.669. The van der Waals surface area contributed by atoms with Gasteiger partial charge in [0.1, 0.15) is 22.3 Å². The molecule has 55 heavy (non-hydrogen) atoms. The molecule has 0 radical (unpaired) electrons. The third-order valence-corrected chi connectivity index (χ3v) is 10.9. The van der Waals surface area contributed by atoms with Crippen molar-refractivity contribution in [3.63, 3.8) is 0 Å². The van der Waals surface area contributed by atoms with Crippen molar-refractivity contribution in [2.24, 2.45) is 0 Å². The van der Waals surface area contributed by atoms with Gasteiger partial charge in [-0.2, -0.15) is 0 Å². The fourth-order valence-corrected chi connectivity index (χ4v) is 8.19. The van der Waals surface area contributed by atoms with Gasteiger partial charge >= 0.3 is 0 Å². The Hall–Kier alpha value is -7.36. The van der Waals surface area contributed by atoms with E-state index in [0.717, 1.165) is 88.4 Å². The minimum absolute atomic E-state index is 0.878. The summed E-state index contributed by atoms with van der Waals surface area (Å²) in [6.45, 7) is 0. The van der Waals surface area contributed by atoms with Crippen molar-refractivity contribution in [3.8, 4) is 33.4 Å². The van der Waals surface area contributed by atoms with E-state index in [9.17, 15) is 0 Å². The molecule has 2 aromatic heterocycles. The fraction of sp³-hybridized carbons (Fsp3) is 0. The van der Waals surface area contributed by atoms with Gasteiger partial charge in [-0.15, -0.1) is 0 Å². The Morgan fingerprint density at radius 1 is 0.273 bits per heavy atom. The zero-order valence-electron chi connectivity index (χ0n) is 29.8. The van der Waals surface area contributed by atoms with Crippen molar-refractivity contribution in [1.82, 2.24) is 0 Å². The van der Waals surface area contributed by atoms with E-state index in [4.69, 9.17) is 8.83 Å². The molecule has 0 amide bonds. The van der Waals surface area contributed by atoms with Crippen molar-refractivity contribution >= 4 is 71.7 Å². The number of rotatable bonds is 6. The Labute approximate surface area is 317 Å². The molecule has 0 unspecified atom stereocenters. The van der Waals surface area contributed by atoms with E-state index in [1.165, 1.54) is 16.7 Å². The second-order valence-corrected chi connectivity index (χ2v) is 14.1.